The fourth-order valence-electron chi connectivity index (χ4n) is 6.77. The highest BCUT2D eigenvalue weighted by molar-refractivity contribution is 7.80. The SMILES string of the molecule is CC.CC.c1ccc(P(c2ccccc2)c2ccc3c(c2C2C4=C(CCC2P(c2ccccc2)c2ccccc2)OCO4)OCO3)cc1. The minimum absolute atomic E-state index is 0.0585. The molecule has 246 valence electrons. The molecule has 2 unspecified atom stereocenters. The summed E-state index contributed by atoms with van der Waals surface area (Å²) in [5.74, 6) is 3.53. The molecule has 0 N–H and O–H groups in total. The Labute approximate surface area is 288 Å². The van der Waals surface area contributed by atoms with Crippen molar-refractivity contribution in [3.05, 3.63) is 151 Å². The molecule has 0 bridgehead atoms. The summed E-state index contributed by atoms with van der Waals surface area (Å²) in [4.78, 5) is 0. The number of hydrogen-bond acceptors (Lipinski definition) is 4. The molecule has 0 saturated heterocycles. The first-order valence-corrected chi connectivity index (χ1v) is 19.8. The molecule has 48 heavy (non-hydrogen) atoms. The third-order valence-corrected chi connectivity index (χ3v) is 14.0. The number of rotatable bonds is 7. The standard InChI is InChI=1S/C38H32O4P2.2C2H6/c1-5-13-27(14-6-1)43(28-15-7-2-8-16-28)33-23-21-31-37(41-25-39-31)35(33)36-34(24-22-32-38(36)42-26-40-32)44(29-17-9-3-10-18-29)30-19-11-4-12-20-30;2*1-2/h1-21,23,34,36H,22,24-26H2;2*1-2H3. The van der Waals surface area contributed by atoms with E-state index in [1.165, 1.54) is 32.1 Å². The van der Waals surface area contributed by atoms with Crippen LogP contribution in [0.5, 0.6) is 11.5 Å². The Balaban J connectivity index is 0.000000969. The molecule has 4 nitrogen and oxygen atoms in total. The Morgan fingerprint density at radius 1 is 0.521 bits per heavy atom. The zero-order valence-corrected chi connectivity index (χ0v) is 30.0. The first kappa shape index (κ1) is 33.8. The number of allylic oxidation sites excluding steroid dienone is 2. The summed E-state index contributed by atoms with van der Waals surface area (Å²) in [6.45, 7) is 8.48. The van der Waals surface area contributed by atoms with E-state index in [4.69, 9.17) is 18.9 Å². The fraction of sp³-hybridized carbons (Fsp3) is 0.238. The van der Waals surface area contributed by atoms with Crippen molar-refractivity contribution in [2.24, 2.45) is 0 Å². The van der Waals surface area contributed by atoms with Gasteiger partial charge in [0, 0.05) is 17.6 Å². The van der Waals surface area contributed by atoms with Crippen LogP contribution in [0.25, 0.3) is 0 Å². The van der Waals surface area contributed by atoms with Gasteiger partial charge in [-0.2, -0.15) is 0 Å². The van der Waals surface area contributed by atoms with E-state index in [-0.39, 0.29) is 25.2 Å². The van der Waals surface area contributed by atoms with E-state index in [0.29, 0.717) is 0 Å². The van der Waals surface area contributed by atoms with Crippen molar-refractivity contribution in [1.29, 1.82) is 0 Å². The minimum atomic E-state index is -0.910. The van der Waals surface area contributed by atoms with Crippen LogP contribution in [0.15, 0.2) is 145 Å². The molecular formula is C42H44O4P2. The first-order chi connectivity index (χ1) is 23.9. The van der Waals surface area contributed by atoms with Gasteiger partial charge in [-0.1, -0.05) is 149 Å². The molecule has 2 aliphatic heterocycles. The Kier molecular flexibility index (Phi) is 11.5. The summed E-state index contributed by atoms with van der Waals surface area (Å²) in [6, 6.07) is 48.2. The molecule has 5 aromatic carbocycles. The lowest BCUT2D eigenvalue weighted by Gasteiger charge is -2.39. The zero-order chi connectivity index (χ0) is 33.3. The van der Waals surface area contributed by atoms with Gasteiger partial charge in [0.1, 0.15) is 11.5 Å². The van der Waals surface area contributed by atoms with Gasteiger partial charge < -0.3 is 18.9 Å². The van der Waals surface area contributed by atoms with Crippen LogP contribution in [0.4, 0.5) is 0 Å². The first-order valence-electron chi connectivity index (χ1n) is 17.1. The largest absolute Gasteiger partial charge is 0.458 e. The molecule has 5 aromatic rings. The van der Waals surface area contributed by atoms with Gasteiger partial charge >= 0.3 is 0 Å². The van der Waals surface area contributed by atoms with Crippen LogP contribution < -0.4 is 36.0 Å². The van der Waals surface area contributed by atoms with E-state index in [9.17, 15) is 0 Å². The predicted molar refractivity (Wildman–Crippen MR) is 203 cm³/mol. The second-order valence-electron chi connectivity index (χ2n) is 11.1. The number of hydrogen-bond donors (Lipinski definition) is 0. The van der Waals surface area contributed by atoms with E-state index in [2.05, 4.69) is 133 Å². The molecule has 8 rings (SSSR count). The number of ether oxygens (including phenoxy) is 4. The topological polar surface area (TPSA) is 36.9 Å². The second kappa shape index (κ2) is 16.3. The van der Waals surface area contributed by atoms with Gasteiger partial charge in [-0.15, -0.1) is 0 Å². The molecular weight excluding hydrogens is 630 g/mol. The Morgan fingerprint density at radius 2 is 1.02 bits per heavy atom. The summed E-state index contributed by atoms with van der Waals surface area (Å²) < 4.78 is 25.1. The lowest BCUT2D eigenvalue weighted by molar-refractivity contribution is 0.0675. The molecule has 2 heterocycles. The molecule has 0 amide bonds. The van der Waals surface area contributed by atoms with Gasteiger partial charge in [0.05, 0.1) is 5.92 Å². The number of fused-ring (bicyclic) bond motifs is 1. The van der Waals surface area contributed by atoms with Crippen molar-refractivity contribution in [1.82, 2.24) is 0 Å². The average molecular weight is 675 g/mol. The second-order valence-corrected chi connectivity index (χ2v) is 15.7. The van der Waals surface area contributed by atoms with Gasteiger partial charge in [0.15, 0.2) is 11.5 Å². The van der Waals surface area contributed by atoms with Crippen LogP contribution in [0, 0.1) is 0 Å². The predicted octanol–water partition coefficient (Wildman–Crippen LogP) is 8.82. The third kappa shape index (κ3) is 6.75. The van der Waals surface area contributed by atoms with E-state index < -0.39 is 15.8 Å². The van der Waals surface area contributed by atoms with E-state index >= 15 is 0 Å². The van der Waals surface area contributed by atoms with Crippen molar-refractivity contribution in [2.45, 2.75) is 52.1 Å². The molecule has 2 atom stereocenters. The number of benzene rings is 5. The Hall–Kier alpha value is -4.10. The maximum absolute atomic E-state index is 6.46. The highest BCUT2D eigenvalue weighted by Gasteiger charge is 2.46. The third-order valence-electron chi connectivity index (χ3n) is 8.59. The van der Waals surface area contributed by atoms with Crippen LogP contribution >= 0.6 is 15.8 Å². The van der Waals surface area contributed by atoms with Crippen molar-refractivity contribution in [3.63, 3.8) is 0 Å². The molecule has 0 spiro atoms. The van der Waals surface area contributed by atoms with Gasteiger partial charge in [0.25, 0.3) is 0 Å². The summed E-state index contributed by atoms with van der Waals surface area (Å²) in [5, 5.41) is 6.61. The Bertz CT molecular complexity index is 1700. The molecule has 3 aliphatic rings. The summed E-state index contributed by atoms with van der Waals surface area (Å²) >= 11 is 0. The van der Waals surface area contributed by atoms with Crippen LogP contribution in [-0.4, -0.2) is 19.2 Å². The van der Waals surface area contributed by atoms with Gasteiger partial charge in [0.2, 0.25) is 13.6 Å². The molecule has 1 aliphatic carbocycles. The van der Waals surface area contributed by atoms with Gasteiger partial charge in [-0.25, -0.2) is 0 Å². The minimum Gasteiger partial charge on any atom is -0.458 e. The lowest BCUT2D eigenvalue weighted by Crippen LogP contribution is -2.34. The highest BCUT2D eigenvalue weighted by Crippen LogP contribution is 2.58. The molecule has 0 aromatic heterocycles. The molecule has 0 radical (unpaired) electrons. The summed E-state index contributed by atoms with van der Waals surface area (Å²) in [7, 11) is -1.67. The highest BCUT2D eigenvalue weighted by atomic mass is 31.1. The normalized spacial score (nSPS) is 17.4. The molecule has 0 fully saturated rings. The maximum atomic E-state index is 6.46. The van der Waals surface area contributed by atoms with E-state index in [1.807, 2.05) is 27.7 Å². The Morgan fingerprint density at radius 3 is 1.56 bits per heavy atom. The molecule has 0 saturated carbocycles. The van der Waals surface area contributed by atoms with Gasteiger partial charge in [-0.3, -0.25) is 0 Å². The van der Waals surface area contributed by atoms with Crippen molar-refractivity contribution < 1.29 is 18.9 Å². The van der Waals surface area contributed by atoms with E-state index in [1.54, 1.807) is 0 Å². The van der Waals surface area contributed by atoms with E-state index in [0.717, 1.165) is 35.9 Å². The lowest BCUT2D eigenvalue weighted by atomic mass is 9.85. The van der Waals surface area contributed by atoms with Crippen molar-refractivity contribution >= 4 is 42.4 Å². The van der Waals surface area contributed by atoms with Crippen molar-refractivity contribution in [2.75, 3.05) is 13.6 Å². The van der Waals surface area contributed by atoms with Crippen LogP contribution in [0.3, 0.4) is 0 Å². The fourth-order valence-corrected chi connectivity index (χ4v) is 12.3. The zero-order valence-electron chi connectivity index (χ0n) is 28.2. The monoisotopic (exact) mass is 674 g/mol. The van der Waals surface area contributed by atoms with Crippen molar-refractivity contribution in [3.8, 4) is 11.5 Å². The maximum Gasteiger partial charge on any atom is 0.231 e. The van der Waals surface area contributed by atoms with Gasteiger partial charge in [-0.05, 0) is 60.9 Å². The average Bonchev–Trinajstić information content (AvgIpc) is 3.86. The van der Waals surface area contributed by atoms with Crippen LogP contribution in [0.1, 0.15) is 52.0 Å². The summed E-state index contributed by atoms with van der Waals surface area (Å²) in [6.07, 6.45) is 1.85. The van der Waals surface area contributed by atoms with Crippen LogP contribution in [0.2, 0.25) is 0 Å². The van der Waals surface area contributed by atoms with Crippen LogP contribution in [-0.2, 0) is 9.47 Å². The molecule has 6 heteroatoms. The quantitative estimate of drug-likeness (QED) is 0.162. The summed E-state index contributed by atoms with van der Waals surface area (Å²) in [5.41, 5.74) is 1.44. The smallest absolute Gasteiger partial charge is 0.231 e.